The van der Waals surface area contributed by atoms with Crippen LogP contribution in [0.15, 0.2) is 47.1 Å². The molecule has 0 radical (unpaired) electrons. The van der Waals surface area contributed by atoms with Crippen molar-refractivity contribution in [1.29, 1.82) is 0 Å². The number of fused-ring (bicyclic) bond motifs is 1. The van der Waals surface area contributed by atoms with Crippen molar-refractivity contribution in [2.24, 2.45) is 0 Å². The lowest BCUT2D eigenvalue weighted by molar-refractivity contribution is 0.397. The number of rotatable bonds is 6. The molecule has 2 heterocycles. The number of methoxy groups -OCH3 is 1. The second kappa shape index (κ2) is 6.01. The van der Waals surface area contributed by atoms with Gasteiger partial charge >= 0.3 is 0 Å². The topological polar surface area (TPSA) is 52.2 Å². The number of hydrogen-bond acceptors (Lipinski definition) is 4. The molecule has 1 atom stereocenters. The van der Waals surface area contributed by atoms with Crippen LogP contribution >= 0.6 is 0 Å². The molecule has 2 aromatic heterocycles. The van der Waals surface area contributed by atoms with Crippen LogP contribution in [0, 0.1) is 0 Å². The summed E-state index contributed by atoms with van der Waals surface area (Å²) in [6.45, 7) is 3.76. The highest BCUT2D eigenvalue weighted by Crippen LogP contribution is 2.30. The molecule has 0 spiro atoms. The van der Waals surface area contributed by atoms with Crippen LogP contribution < -0.4 is 10.1 Å². The Bertz CT molecular complexity index is 703. The van der Waals surface area contributed by atoms with Crippen LogP contribution in [0.5, 0.6) is 5.75 Å². The van der Waals surface area contributed by atoms with Crippen LogP contribution in [0.1, 0.15) is 18.7 Å². The standard InChI is InChI=1S/C16H19N3O2/c1-12(17-8-10-19-9-4-7-18-19)15-11-13-5-3-6-14(20-2)16(13)21-15/h3-7,9,11-12,17H,8,10H2,1-2H3. The minimum absolute atomic E-state index is 0.137. The smallest absolute Gasteiger partial charge is 0.176 e. The number of benzene rings is 1. The Balaban J connectivity index is 1.68. The predicted molar refractivity (Wildman–Crippen MR) is 81.4 cm³/mol. The molecule has 1 aromatic carbocycles. The molecule has 5 nitrogen and oxygen atoms in total. The zero-order chi connectivity index (χ0) is 14.7. The average molecular weight is 285 g/mol. The molecule has 3 rings (SSSR count). The molecule has 5 heteroatoms. The molecule has 110 valence electrons. The fourth-order valence-electron chi connectivity index (χ4n) is 2.36. The van der Waals surface area contributed by atoms with E-state index in [1.54, 1.807) is 13.3 Å². The van der Waals surface area contributed by atoms with Crippen LogP contribution in [0.3, 0.4) is 0 Å². The summed E-state index contributed by atoms with van der Waals surface area (Å²) >= 11 is 0. The Labute approximate surface area is 123 Å². The largest absolute Gasteiger partial charge is 0.493 e. The molecule has 0 bridgehead atoms. The Morgan fingerprint density at radius 3 is 3.05 bits per heavy atom. The van der Waals surface area contributed by atoms with E-state index in [1.807, 2.05) is 35.1 Å². The number of nitrogens with one attached hydrogen (secondary N) is 1. The van der Waals surface area contributed by atoms with E-state index in [0.717, 1.165) is 35.6 Å². The van der Waals surface area contributed by atoms with E-state index in [9.17, 15) is 0 Å². The number of para-hydroxylation sites is 1. The van der Waals surface area contributed by atoms with Crippen LogP contribution in [0.2, 0.25) is 0 Å². The lowest BCUT2D eigenvalue weighted by atomic mass is 10.2. The van der Waals surface area contributed by atoms with Crippen LogP contribution in [-0.4, -0.2) is 23.4 Å². The molecule has 0 aliphatic heterocycles. The summed E-state index contributed by atoms with van der Waals surface area (Å²) in [7, 11) is 1.66. The summed E-state index contributed by atoms with van der Waals surface area (Å²) in [6.07, 6.45) is 3.74. The van der Waals surface area contributed by atoms with E-state index in [0.29, 0.717) is 0 Å². The van der Waals surface area contributed by atoms with Crippen molar-refractivity contribution in [1.82, 2.24) is 15.1 Å². The summed E-state index contributed by atoms with van der Waals surface area (Å²) in [5.74, 6) is 1.68. The number of furan rings is 1. The number of aromatic nitrogens is 2. The molecule has 0 fully saturated rings. The first-order chi connectivity index (χ1) is 10.3. The minimum atomic E-state index is 0.137. The monoisotopic (exact) mass is 285 g/mol. The van der Waals surface area contributed by atoms with Gasteiger partial charge in [-0.05, 0) is 25.1 Å². The first-order valence-electron chi connectivity index (χ1n) is 7.05. The zero-order valence-electron chi connectivity index (χ0n) is 12.2. The molecule has 0 aliphatic rings. The highest BCUT2D eigenvalue weighted by molar-refractivity contribution is 5.83. The van der Waals surface area contributed by atoms with Gasteiger partial charge in [0.25, 0.3) is 0 Å². The van der Waals surface area contributed by atoms with Crippen molar-refractivity contribution in [2.75, 3.05) is 13.7 Å². The highest BCUT2D eigenvalue weighted by atomic mass is 16.5. The molecule has 3 aromatic rings. The minimum Gasteiger partial charge on any atom is -0.493 e. The number of ether oxygens (including phenoxy) is 1. The van der Waals surface area contributed by atoms with Crippen molar-refractivity contribution in [3.63, 3.8) is 0 Å². The van der Waals surface area contributed by atoms with Gasteiger partial charge in [-0.2, -0.15) is 5.10 Å². The molecular formula is C16H19N3O2. The zero-order valence-corrected chi connectivity index (χ0v) is 12.2. The van der Waals surface area contributed by atoms with Crippen LogP contribution in [0.4, 0.5) is 0 Å². The van der Waals surface area contributed by atoms with Gasteiger partial charge < -0.3 is 14.5 Å². The molecule has 0 amide bonds. The SMILES string of the molecule is COc1cccc2cc(C(C)NCCn3cccn3)oc12. The highest BCUT2D eigenvalue weighted by Gasteiger charge is 2.13. The van der Waals surface area contributed by atoms with Crippen molar-refractivity contribution in [3.05, 3.63) is 48.5 Å². The van der Waals surface area contributed by atoms with E-state index in [4.69, 9.17) is 9.15 Å². The maximum Gasteiger partial charge on any atom is 0.176 e. The van der Waals surface area contributed by atoms with Crippen LogP contribution in [-0.2, 0) is 6.54 Å². The van der Waals surface area contributed by atoms with Gasteiger partial charge in [-0.15, -0.1) is 0 Å². The summed E-state index contributed by atoms with van der Waals surface area (Å²) in [5.41, 5.74) is 0.802. The fraction of sp³-hybridized carbons (Fsp3) is 0.312. The normalized spacial score (nSPS) is 12.7. The lowest BCUT2D eigenvalue weighted by Gasteiger charge is -2.11. The van der Waals surface area contributed by atoms with Crippen molar-refractivity contribution < 1.29 is 9.15 Å². The summed E-state index contributed by atoms with van der Waals surface area (Å²) in [4.78, 5) is 0. The van der Waals surface area contributed by atoms with E-state index >= 15 is 0 Å². The van der Waals surface area contributed by atoms with Gasteiger partial charge in [-0.25, -0.2) is 0 Å². The maximum atomic E-state index is 5.93. The third kappa shape index (κ3) is 2.92. The quantitative estimate of drug-likeness (QED) is 0.756. The van der Waals surface area contributed by atoms with Gasteiger partial charge in [0.1, 0.15) is 5.76 Å². The summed E-state index contributed by atoms with van der Waals surface area (Å²) in [5, 5.41) is 8.68. The van der Waals surface area contributed by atoms with Crippen molar-refractivity contribution in [3.8, 4) is 5.75 Å². The van der Waals surface area contributed by atoms with Crippen molar-refractivity contribution >= 4 is 11.0 Å². The molecule has 0 aliphatic carbocycles. The molecule has 21 heavy (non-hydrogen) atoms. The number of hydrogen-bond donors (Lipinski definition) is 1. The maximum absolute atomic E-state index is 5.93. The van der Waals surface area contributed by atoms with E-state index in [2.05, 4.69) is 23.4 Å². The van der Waals surface area contributed by atoms with Gasteiger partial charge in [-0.3, -0.25) is 4.68 Å². The van der Waals surface area contributed by atoms with E-state index < -0.39 is 0 Å². The molecule has 0 saturated carbocycles. The summed E-state index contributed by atoms with van der Waals surface area (Å²) < 4.78 is 13.2. The summed E-state index contributed by atoms with van der Waals surface area (Å²) in [6, 6.07) is 10.0. The second-order valence-electron chi connectivity index (χ2n) is 4.97. The van der Waals surface area contributed by atoms with Gasteiger partial charge in [-0.1, -0.05) is 12.1 Å². The van der Waals surface area contributed by atoms with E-state index in [-0.39, 0.29) is 6.04 Å². The van der Waals surface area contributed by atoms with Crippen molar-refractivity contribution in [2.45, 2.75) is 19.5 Å². The molecule has 1 unspecified atom stereocenters. The second-order valence-corrected chi connectivity index (χ2v) is 4.97. The van der Waals surface area contributed by atoms with Gasteiger partial charge in [0, 0.05) is 24.3 Å². The van der Waals surface area contributed by atoms with Gasteiger partial charge in [0.2, 0.25) is 0 Å². The Hall–Kier alpha value is -2.27. The van der Waals surface area contributed by atoms with Gasteiger partial charge in [0.15, 0.2) is 11.3 Å². The van der Waals surface area contributed by atoms with Crippen LogP contribution in [0.25, 0.3) is 11.0 Å². The molecular weight excluding hydrogens is 266 g/mol. The Morgan fingerprint density at radius 2 is 2.29 bits per heavy atom. The Morgan fingerprint density at radius 1 is 1.38 bits per heavy atom. The third-order valence-corrected chi connectivity index (χ3v) is 3.52. The predicted octanol–water partition coefficient (Wildman–Crippen LogP) is 2.99. The molecule has 1 N–H and O–H groups in total. The van der Waals surface area contributed by atoms with Gasteiger partial charge in [0.05, 0.1) is 19.7 Å². The lowest BCUT2D eigenvalue weighted by Crippen LogP contribution is -2.23. The fourth-order valence-corrected chi connectivity index (χ4v) is 2.36. The third-order valence-electron chi connectivity index (χ3n) is 3.52. The molecule has 0 saturated heterocycles. The first kappa shape index (κ1) is 13.7. The average Bonchev–Trinajstić information content (AvgIpc) is 3.15. The van der Waals surface area contributed by atoms with E-state index in [1.165, 1.54) is 0 Å². The Kier molecular flexibility index (Phi) is 3.92. The first-order valence-corrected chi connectivity index (χ1v) is 7.05. The number of nitrogens with zero attached hydrogens (tertiary/aromatic N) is 2.